The molecule has 5 nitrogen and oxygen atoms in total. The smallest absolute Gasteiger partial charge is 0.338 e. The van der Waals surface area contributed by atoms with Crippen LogP contribution < -0.4 is 0 Å². The average Bonchev–Trinajstić information content (AvgIpc) is 3.02. The number of esters is 1. The second kappa shape index (κ2) is 8.21. The van der Waals surface area contributed by atoms with Gasteiger partial charge in [0.2, 0.25) is 0 Å². The molecule has 2 rings (SSSR count). The van der Waals surface area contributed by atoms with Crippen LogP contribution in [0.4, 0.5) is 0 Å². The minimum atomic E-state index is -1.88. The summed E-state index contributed by atoms with van der Waals surface area (Å²) < 4.78 is 23.4. The van der Waals surface area contributed by atoms with E-state index in [1.807, 2.05) is 18.2 Å². The number of carbonyl (C=O) groups is 1. The van der Waals surface area contributed by atoms with Crippen LogP contribution in [0.3, 0.4) is 0 Å². The number of rotatable bonds is 7. The lowest BCUT2D eigenvalue weighted by atomic mass is 10.1. The van der Waals surface area contributed by atoms with Crippen LogP contribution in [0.5, 0.6) is 0 Å². The van der Waals surface area contributed by atoms with Crippen LogP contribution in [0, 0.1) is 0 Å². The van der Waals surface area contributed by atoms with Gasteiger partial charge in [0.05, 0.1) is 18.3 Å². The highest BCUT2D eigenvalue weighted by molar-refractivity contribution is 6.74. The standard InChI is InChI=1S/C20H32O5Si/c1-19(2,3)26(5,6)24-15-20(22-4)13-12-17(25-20)14-23-18(21)16-10-8-7-9-11-16/h7-11,17H,12-15H2,1-6H3/t17-,20+/m0/s1. The zero-order valence-electron chi connectivity index (χ0n) is 16.8. The molecule has 0 radical (unpaired) electrons. The fraction of sp³-hybridized carbons (Fsp3) is 0.650. The highest BCUT2D eigenvalue weighted by Crippen LogP contribution is 2.39. The Kier molecular flexibility index (Phi) is 6.66. The van der Waals surface area contributed by atoms with E-state index in [2.05, 4.69) is 33.9 Å². The van der Waals surface area contributed by atoms with Gasteiger partial charge in [-0.15, -0.1) is 0 Å². The third-order valence-corrected chi connectivity index (χ3v) is 9.95. The first-order valence-electron chi connectivity index (χ1n) is 9.18. The second-order valence-corrected chi connectivity index (χ2v) is 13.2. The van der Waals surface area contributed by atoms with Crippen molar-refractivity contribution in [3.05, 3.63) is 35.9 Å². The molecule has 1 heterocycles. The molecule has 2 atom stereocenters. The van der Waals surface area contributed by atoms with E-state index in [1.54, 1.807) is 19.2 Å². The van der Waals surface area contributed by atoms with Crippen LogP contribution in [0.15, 0.2) is 30.3 Å². The van der Waals surface area contributed by atoms with Crippen molar-refractivity contribution in [2.45, 2.75) is 63.6 Å². The monoisotopic (exact) mass is 380 g/mol. The summed E-state index contributed by atoms with van der Waals surface area (Å²) in [6.07, 6.45) is 1.33. The van der Waals surface area contributed by atoms with Gasteiger partial charge in [0, 0.05) is 13.5 Å². The van der Waals surface area contributed by atoms with E-state index in [1.165, 1.54) is 0 Å². The fourth-order valence-electron chi connectivity index (χ4n) is 2.57. The normalized spacial score (nSPS) is 23.8. The zero-order chi connectivity index (χ0) is 19.4. The molecule has 1 aliphatic heterocycles. The Labute approximate surface area is 158 Å². The topological polar surface area (TPSA) is 54.0 Å². The van der Waals surface area contributed by atoms with Gasteiger partial charge in [0.25, 0.3) is 0 Å². The van der Waals surface area contributed by atoms with Gasteiger partial charge in [-0.3, -0.25) is 0 Å². The molecule has 0 aliphatic carbocycles. The third kappa shape index (κ3) is 5.16. The molecule has 0 unspecified atom stereocenters. The van der Waals surface area contributed by atoms with E-state index in [-0.39, 0.29) is 23.7 Å². The van der Waals surface area contributed by atoms with Crippen molar-refractivity contribution in [1.82, 2.24) is 0 Å². The van der Waals surface area contributed by atoms with Gasteiger partial charge in [-0.25, -0.2) is 4.79 Å². The lowest BCUT2D eigenvalue weighted by Gasteiger charge is -2.39. The number of methoxy groups -OCH3 is 1. The summed E-state index contributed by atoms with van der Waals surface area (Å²) >= 11 is 0. The van der Waals surface area contributed by atoms with Crippen molar-refractivity contribution in [1.29, 1.82) is 0 Å². The zero-order valence-corrected chi connectivity index (χ0v) is 17.8. The summed E-state index contributed by atoms with van der Waals surface area (Å²) in [7, 11) is -0.237. The van der Waals surface area contributed by atoms with Gasteiger partial charge in [-0.05, 0) is 36.7 Å². The van der Waals surface area contributed by atoms with Crippen molar-refractivity contribution < 1.29 is 23.4 Å². The van der Waals surface area contributed by atoms with E-state index in [9.17, 15) is 4.79 Å². The molecule has 0 N–H and O–H groups in total. The summed E-state index contributed by atoms with van der Waals surface area (Å²) in [4.78, 5) is 12.1. The number of carbonyl (C=O) groups excluding carboxylic acids is 1. The Morgan fingerprint density at radius 3 is 2.50 bits per heavy atom. The molecule has 0 saturated carbocycles. The van der Waals surface area contributed by atoms with Gasteiger partial charge < -0.3 is 18.6 Å². The van der Waals surface area contributed by atoms with Gasteiger partial charge >= 0.3 is 5.97 Å². The first kappa shape index (κ1) is 21.1. The molecule has 1 aliphatic rings. The summed E-state index contributed by atoms with van der Waals surface area (Å²) in [6.45, 7) is 11.7. The summed E-state index contributed by atoms with van der Waals surface area (Å²) in [5.74, 6) is -1.08. The minimum absolute atomic E-state index is 0.130. The van der Waals surface area contributed by atoms with Crippen molar-refractivity contribution in [2.75, 3.05) is 20.3 Å². The molecular formula is C20H32O5Si. The summed E-state index contributed by atoms with van der Waals surface area (Å²) in [5, 5.41) is 0.130. The first-order valence-corrected chi connectivity index (χ1v) is 12.1. The number of hydrogen-bond donors (Lipinski definition) is 0. The SMILES string of the molecule is CO[C@]1(CO[Si](C)(C)C(C)(C)C)CC[C@@H](COC(=O)c2ccccc2)O1. The number of ether oxygens (including phenoxy) is 3. The van der Waals surface area contributed by atoms with Crippen LogP contribution in [-0.2, 0) is 18.6 Å². The van der Waals surface area contributed by atoms with E-state index >= 15 is 0 Å². The Hall–Kier alpha value is -1.21. The first-order chi connectivity index (χ1) is 12.1. The maximum atomic E-state index is 12.1. The van der Waals surface area contributed by atoms with Gasteiger partial charge in [-0.1, -0.05) is 39.0 Å². The molecule has 1 fully saturated rings. The molecule has 146 valence electrons. The quantitative estimate of drug-likeness (QED) is 0.519. The number of hydrogen-bond acceptors (Lipinski definition) is 5. The Balaban J connectivity index is 1.87. The van der Waals surface area contributed by atoms with Gasteiger partial charge in [0.1, 0.15) is 6.61 Å². The maximum Gasteiger partial charge on any atom is 0.338 e. The molecule has 1 aromatic rings. The average molecular weight is 381 g/mol. The fourth-order valence-corrected chi connectivity index (χ4v) is 3.58. The molecule has 6 heteroatoms. The summed E-state index contributed by atoms with van der Waals surface area (Å²) in [6, 6.07) is 8.98. The second-order valence-electron chi connectivity index (χ2n) is 8.41. The molecule has 0 aromatic heterocycles. The molecular weight excluding hydrogens is 348 g/mol. The molecule has 0 amide bonds. The lowest BCUT2D eigenvalue weighted by Crippen LogP contribution is -2.47. The van der Waals surface area contributed by atoms with Gasteiger partial charge in [0.15, 0.2) is 14.1 Å². The highest BCUT2D eigenvalue weighted by atomic mass is 28.4. The van der Waals surface area contributed by atoms with Crippen molar-refractivity contribution in [3.63, 3.8) is 0 Å². The van der Waals surface area contributed by atoms with Gasteiger partial charge in [-0.2, -0.15) is 0 Å². The molecule has 26 heavy (non-hydrogen) atoms. The predicted octanol–water partition coefficient (Wildman–Crippen LogP) is 4.39. The van der Waals surface area contributed by atoms with E-state index in [0.717, 1.165) is 12.8 Å². The minimum Gasteiger partial charge on any atom is -0.459 e. The molecule has 0 spiro atoms. The van der Waals surface area contributed by atoms with Crippen LogP contribution in [0.1, 0.15) is 44.0 Å². The van der Waals surface area contributed by atoms with E-state index in [4.69, 9.17) is 18.6 Å². The van der Waals surface area contributed by atoms with Crippen LogP contribution >= 0.6 is 0 Å². The third-order valence-electron chi connectivity index (χ3n) is 5.47. The molecule has 1 aromatic carbocycles. The van der Waals surface area contributed by atoms with E-state index in [0.29, 0.717) is 12.2 Å². The van der Waals surface area contributed by atoms with Crippen molar-refractivity contribution in [2.24, 2.45) is 0 Å². The Bertz CT molecular complexity index is 596. The van der Waals surface area contributed by atoms with Crippen LogP contribution in [0.2, 0.25) is 18.1 Å². The Morgan fingerprint density at radius 2 is 1.92 bits per heavy atom. The number of benzene rings is 1. The van der Waals surface area contributed by atoms with Crippen LogP contribution in [0.25, 0.3) is 0 Å². The predicted molar refractivity (Wildman–Crippen MR) is 104 cm³/mol. The van der Waals surface area contributed by atoms with Crippen LogP contribution in [-0.4, -0.2) is 46.5 Å². The molecule has 0 bridgehead atoms. The largest absolute Gasteiger partial charge is 0.459 e. The summed E-state index contributed by atoms with van der Waals surface area (Å²) in [5.41, 5.74) is 0.546. The Morgan fingerprint density at radius 1 is 1.27 bits per heavy atom. The van der Waals surface area contributed by atoms with E-state index < -0.39 is 14.1 Å². The van der Waals surface area contributed by atoms with Crippen molar-refractivity contribution in [3.8, 4) is 0 Å². The van der Waals surface area contributed by atoms with Crippen molar-refractivity contribution >= 4 is 14.3 Å². The molecule has 1 saturated heterocycles. The maximum absolute atomic E-state index is 12.1. The highest BCUT2D eigenvalue weighted by Gasteiger charge is 2.45. The lowest BCUT2D eigenvalue weighted by molar-refractivity contribution is -0.231.